The fourth-order valence-corrected chi connectivity index (χ4v) is 4.78. The molecule has 1 aliphatic rings. The Bertz CT molecular complexity index is 809. The van der Waals surface area contributed by atoms with Crippen molar-refractivity contribution in [2.45, 2.75) is 84.5 Å². The molecule has 0 unspecified atom stereocenters. The van der Waals surface area contributed by atoms with Crippen molar-refractivity contribution < 1.29 is 14.3 Å². The van der Waals surface area contributed by atoms with Crippen LogP contribution in [-0.2, 0) is 22.6 Å². The second kappa shape index (κ2) is 10.1. The van der Waals surface area contributed by atoms with Gasteiger partial charge in [0.15, 0.2) is 0 Å². The number of amides is 1. The Morgan fingerprint density at radius 1 is 1.00 bits per heavy atom. The second-order valence-electron chi connectivity index (χ2n) is 9.82. The highest BCUT2D eigenvalue weighted by atomic mass is 16.6. The predicted octanol–water partition coefficient (Wildman–Crippen LogP) is 5.84. The van der Waals surface area contributed by atoms with Crippen molar-refractivity contribution in [3.8, 4) is 0 Å². The highest BCUT2D eigenvalue weighted by Gasteiger charge is 2.50. The summed E-state index contributed by atoms with van der Waals surface area (Å²) >= 11 is 0. The van der Waals surface area contributed by atoms with Gasteiger partial charge < -0.3 is 9.47 Å². The number of benzene rings is 2. The smallest absolute Gasteiger partial charge is 0.412 e. The maximum Gasteiger partial charge on any atom is 0.412 e. The van der Waals surface area contributed by atoms with E-state index in [9.17, 15) is 4.79 Å². The van der Waals surface area contributed by atoms with E-state index in [4.69, 9.17) is 9.47 Å². The molecule has 1 aliphatic heterocycles. The van der Waals surface area contributed by atoms with E-state index in [0.29, 0.717) is 6.61 Å². The molecule has 5 heteroatoms. The predicted molar refractivity (Wildman–Crippen MR) is 128 cm³/mol. The molecule has 1 amide bonds. The fourth-order valence-electron chi connectivity index (χ4n) is 4.78. The van der Waals surface area contributed by atoms with Gasteiger partial charge in [-0.1, -0.05) is 67.6 Å². The quantitative estimate of drug-likeness (QED) is 0.519. The molecule has 0 saturated carbocycles. The van der Waals surface area contributed by atoms with Gasteiger partial charge in [0.05, 0.1) is 12.1 Å². The van der Waals surface area contributed by atoms with Crippen molar-refractivity contribution in [1.82, 2.24) is 9.80 Å². The fraction of sp³-hybridized carbons (Fsp3) is 0.519. The van der Waals surface area contributed by atoms with Crippen molar-refractivity contribution >= 4 is 6.09 Å². The first-order chi connectivity index (χ1) is 15.1. The number of nitrogens with zero attached hydrogens (tertiary/aromatic N) is 2. The summed E-state index contributed by atoms with van der Waals surface area (Å²) in [5, 5.41) is 0. The first-order valence-corrected chi connectivity index (χ1v) is 11.6. The molecule has 0 aliphatic carbocycles. The summed E-state index contributed by atoms with van der Waals surface area (Å²) in [6, 6.07) is 21.0. The minimum Gasteiger partial charge on any atom is -0.445 e. The molecular weight excluding hydrogens is 400 g/mol. The maximum atomic E-state index is 13.3. The Hall–Kier alpha value is -2.37. The van der Waals surface area contributed by atoms with Crippen LogP contribution in [-0.4, -0.2) is 45.9 Å². The zero-order valence-corrected chi connectivity index (χ0v) is 20.4. The molecular formula is C27H38N2O3. The molecule has 1 saturated heterocycles. The van der Waals surface area contributed by atoms with E-state index in [1.807, 2.05) is 46.8 Å². The minimum absolute atomic E-state index is 0.0779. The van der Waals surface area contributed by atoms with Gasteiger partial charge in [0.1, 0.15) is 11.8 Å². The van der Waals surface area contributed by atoms with E-state index in [-0.39, 0.29) is 18.2 Å². The molecule has 1 heterocycles. The molecule has 0 radical (unpaired) electrons. The highest BCUT2D eigenvalue weighted by molar-refractivity contribution is 5.70. The number of hydrogen-bond acceptors (Lipinski definition) is 4. The first kappa shape index (κ1) is 24.3. The van der Waals surface area contributed by atoms with E-state index < -0.39 is 11.3 Å². The van der Waals surface area contributed by atoms with Crippen LogP contribution in [0.1, 0.15) is 59.1 Å². The standard InChI is InChI=1S/C27H38N2O3/c1-7-24(21(2)32-25(30)29-26(3,4)20-31-27(29,5)6)28(18-22-14-10-8-11-15-22)19-23-16-12-9-13-17-23/h8-17,21,24H,7,18-20H2,1-6H3/t21-,24+/m0/s1. The zero-order chi connectivity index (χ0) is 23.4. The van der Waals surface area contributed by atoms with Gasteiger partial charge >= 0.3 is 6.09 Å². The van der Waals surface area contributed by atoms with Crippen molar-refractivity contribution in [3.05, 3.63) is 71.8 Å². The molecule has 0 bridgehead atoms. The number of rotatable bonds is 8. The van der Waals surface area contributed by atoms with Crippen LogP contribution in [0.25, 0.3) is 0 Å². The lowest BCUT2D eigenvalue weighted by Crippen LogP contribution is -2.54. The third kappa shape index (κ3) is 5.70. The highest BCUT2D eigenvalue weighted by Crippen LogP contribution is 2.35. The number of hydrogen-bond donors (Lipinski definition) is 0. The molecule has 3 rings (SSSR count). The summed E-state index contributed by atoms with van der Waals surface area (Å²) in [7, 11) is 0. The van der Waals surface area contributed by atoms with Crippen LogP contribution in [0.5, 0.6) is 0 Å². The van der Waals surface area contributed by atoms with Crippen molar-refractivity contribution in [2.24, 2.45) is 0 Å². The van der Waals surface area contributed by atoms with E-state index in [1.54, 1.807) is 4.90 Å². The van der Waals surface area contributed by atoms with Crippen LogP contribution in [0.4, 0.5) is 4.79 Å². The average Bonchev–Trinajstić information content (AvgIpc) is 2.97. The lowest BCUT2D eigenvalue weighted by molar-refractivity contribution is -0.0653. The Labute approximate surface area is 193 Å². The summed E-state index contributed by atoms with van der Waals surface area (Å²) in [6.07, 6.45) is 0.284. The van der Waals surface area contributed by atoms with Crippen LogP contribution in [0, 0.1) is 0 Å². The summed E-state index contributed by atoms with van der Waals surface area (Å²) in [5.41, 5.74) is 1.40. The van der Waals surface area contributed by atoms with Crippen molar-refractivity contribution in [3.63, 3.8) is 0 Å². The minimum atomic E-state index is -0.685. The molecule has 2 aromatic rings. The van der Waals surface area contributed by atoms with Gasteiger partial charge in [-0.3, -0.25) is 9.80 Å². The molecule has 174 valence electrons. The largest absolute Gasteiger partial charge is 0.445 e. The van der Waals surface area contributed by atoms with Crippen molar-refractivity contribution in [1.29, 1.82) is 0 Å². The molecule has 2 atom stereocenters. The number of carbonyl (C=O) groups excluding carboxylic acids is 1. The lowest BCUT2D eigenvalue weighted by atomic mass is 10.0. The third-order valence-electron chi connectivity index (χ3n) is 6.28. The number of ether oxygens (including phenoxy) is 2. The summed E-state index contributed by atoms with van der Waals surface area (Å²) in [6.45, 7) is 14.1. The van der Waals surface area contributed by atoms with Gasteiger partial charge in [-0.25, -0.2) is 4.79 Å². The topological polar surface area (TPSA) is 42.0 Å². The van der Waals surface area contributed by atoms with Crippen LogP contribution >= 0.6 is 0 Å². The van der Waals surface area contributed by atoms with E-state index in [2.05, 4.69) is 60.4 Å². The Morgan fingerprint density at radius 2 is 1.50 bits per heavy atom. The van der Waals surface area contributed by atoms with Gasteiger partial charge in [0, 0.05) is 19.1 Å². The lowest BCUT2D eigenvalue weighted by Gasteiger charge is -2.40. The van der Waals surface area contributed by atoms with E-state index in [1.165, 1.54) is 11.1 Å². The van der Waals surface area contributed by atoms with E-state index in [0.717, 1.165) is 19.5 Å². The van der Waals surface area contributed by atoms with Gasteiger partial charge in [0.2, 0.25) is 0 Å². The SMILES string of the molecule is CC[C@H]([C@H](C)OC(=O)N1C(C)(C)COC1(C)C)N(Cc1ccccc1)Cc1ccccc1. The van der Waals surface area contributed by atoms with Crippen LogP contribution in [0.15, 0.2) is 60.7 Å². The normalized spacial score (nSPS) is 19.0. The third-order valence-corrected chi connectivity index (χ3v) is 6.28. The molecule has 32 heavy (non-hydrogen) atoms. The van der Waals surface area contributed by atoms with Gasteiger partial charge in [-0.05, 0) is 52.2 Å². The maximum absolute atomic E-state index is 13.3. The Morgan fingerprint density at radius 3 is 1.91 bits per heavy atom. The first-order valence-electron chi connectivity index (χ1n) is 11.6. The molecule has 2 aromatic carbocycles. The summed E-state index contributed by atoms with van der Waals surface area (Å²) in [5.74, 6) is 0. The van der Waals surface area contributed by atoms with Crippen LogP contribution in [0.2, 0.25) is 0 Å². The van der Waals surface area contributed by atoms with Gasteiger partial charge in [-0.2, -0.15) is 0 Å². The van der Waals surface area contributed by atoms with E-state index >= 15 is 0 Å². The molecule has 0 N–H and O–H groups in total. The average molecular weight is 439 g/mol. The molecule has 0 spiro atoms. The molecule has 1 fully saturated rings. The molecule has 0 aromatic heterocycles. The number of carbonyl (C=O) groups is 1. The summed E-state index contributed by atoms with van der Waals surface area (Å²) in [4.78, 5) is 17.4. The zero-order valence-electron chi connectivity index (χ0n) is 20.4. The Balaban J connectivity index is 1.79. The second-order valence-corrected chi connectivity index (χ2v) is 9.82. The van der Waals surface area contributed by atoms with Crippen LogP contribution in [0.3, 0.4) is 0 Å². The van der Waals surface area contributed by atoms with Gasteiger partial charge in [-0.15, -0.1) is 0 Å². The van der Waals surface area contributed by atoms with Gasteiger partial charge in [0.25, 0.3) is 0 Å². The Kier molecular flexibility index (Phi) is 7.63. The van der Waals surface area contributed by atoms with Crippen LogP contribution < -0.4 is 0 Å². The molecule has 5 nitrogen and oxygen atoms in total. The summed E-state index contributed by atoms with van der Waals surface area (Å²) < 4.78 is 12.0. The van der Waals surface area contributed by atoms with Crippen molar-refractivity contribution in [2.75, 3.05) is 6.61 Å². The monoisotopic (exact) mass is 438 g/mol.